The van der Waals surface area contributed by atoms with Crippen molar-refractivity contribution in [2.45, 2.75) is 26.5 Å². The third kappa shape index (κ3) is 6.95. The summed E-state index contributed by atoms with van der Waals surface area (Å²) in [6, 6.07) is 18.0. The van der Waals surface area contributed by atoms with Crippen LogP contribution in [0.15, 0.2) is 76.2 Å². The smallest absolute Gasteiger partial charge is 0.337 e. The summed E-state index contributed by atoms with van der Waals surface area (Å²) < 4.78 is 26.7. The van der Waals surface area contributed by atoms with E-state index in [0.717, 1.165) is 12.7 Å². The quantitative estimate of drug-likeness (QED) is 0.154. The number of hydrogen-bond donors (Lipinski definition) is 0. The Morgan fingerprint density at radius 2 is 1.82 bits per heavy atom. The van der Waals surface area contributed by atoms with Crippen LogP contribution in [0.1, 0.15) is 42.1 Å². The standard InChI is InChI=1S/C33H27I2N3O6S/c1-4-42-26-11-10-19(13-27(26)43-5-2)29-24(32(40)41-3)17-37-33-38(29)31(39)28(45-33)14-22-12-23(34)15-25(35)30(22)44-18-21-9-7-6-8-20(21)16-36/h6-15,17,29H,4-5,18H2,1-3H3/b28-14+/t29-/m1/s1. The highest BCUT2D eigenvalue weighted by Gasteiger charge is 2.31. The molecule has 0 aliphatic carbocycles. The molecular weight excluding hydrogens is 820 g/mol. The molecule has 0 unspecified atom stereocenters. The lowest BCUT2D eigenvalue weighted by molar-refractivity contribution is -0.136. The number of hydrogen-bond acceptors (Lipinski definition) is 9. The minimum Gasteiger partial charge on any atom is -0.490 e. The fourth-order valence-corrected chi connectivity index (χ4v) is 7.88. The van der Waals surface area contributed by atoms with Crippen molar-refractivity contribution in [2.75, 3.05) is 20.3 Å². The Hall–Kier alpha value is -3.68. The van der Waals surface area contributed by atoms with Gasteiger partial charge in [-0.15, -0.1) is 0 Å². The largest absolute Gasteiger partial charge is 0.490 e. The number of aromatic nitrogens is 1. The molecule has 0 spiro atoms. The minimum atomic E-state index is -0.806. The average Bonchev–Trinajstić information content (AvgIpc) is 3.35. The van der Waals surface area contributed by atoms with Crippen LogP contribution < -0.4 is 29.1 Å². The normalized spacial score (nSPS) is 14.1. The van der Waals surface area contributed by atoms with Crippen molar-refractivity contribution in [3.63, 3.8) is 0 Å². The Kier molecular flexibility index (Phi) is 10.6. The fourth-order valence-electron chi connectivity index (χ4n) is 4.87. The summed E-state index contributed by atoms with van der Waals surface area (Å²) in [5.74, 6) is 1.07. The van der Waals surface area contributed by atoms with Crippen LogP contribution in [0.3, 0.4) is 0 Å². The second-order valence-electron chi connectivity index (χ2n) is 9.61. The molecule has 5 rings (SSSR count). The van der Waals surface area contributed by atoms with E-state index >= 15 is 0 Å². The van der Waals surface area contributed by atoms with Gasteiger partial charge in [-0.3, -0.25) is 9.36 Å². The molecule has 1 atom stereocenters. The van der Waals surface area contributed by atoms with E-state index in [1.807, 2.05) is 50.2 Å². The molecule has 1 aliphatic heterocycles. The highest BCUT2D eigenvalue weighted by Crippen LogP contribution is 2.35. The molecule has 2 heterocycles. The van der Waals surface area contributed by atoms with Crippen molar-refractivity contribution < 1.29 is 23.7 Å². The average molecular weight is 847 g/mol. The van der Waals surface area contributed by atoms with Gasteiger partial charge in [0.2, 0.25) is 0 Å². The Balaban J connectivity index is 1.63. The predicted octanol–water partition coefficient (Wildman–Crippen LogP) is 5.48. The predicted molar refractivity (Wildman–Crippen MR) is 187 cm³/mol. The third-order valence-corrected chi connectivity index (χ3v) is 9.26. The summed E-state index contributed by atoms with van der Waals surface area (Å²) in [6.45, 7) is 4.81. The first-order chi connectivity index (χ1) is 21.8. The molecule has 9 nitrogen and oxygen atoms in total. The van der Waals surface area contributed by atoms with E-state index in [0.29, 0.717) is 56.5 Å². The zero-order chi connectivity index (χ0) is 32.1. The monoisotopic (exact) mass is 847 g/mol. The van der Waals surface area contributed by atoms with Gasteiger partial charge in [-0.05, 0) is 101 Å². The van der Waals surface area contributed by atoms with Gasteiger partial charge in [-0.25, -0.2) is 9.79 Å². The summed E-state index contributed by atoms with van der Waals surface area (Å²) in [4.78, 5) is 32.0. The number of esters is 1. The lowest BCUT2D eigenvalue weighted by atomic mass is 9.97. The molecule has 4 aromatic rings. The Labute approximate surface area is 290 Å². The maximum Gasteiger partial charge on any atom is 0.337 e. The van der Waals surface area contributed by atoms with Gasteiger partial charge < -0.3 is 18.9 Å². The second-order valence-corrected chi connectivity index (χ2v) is 13.0. The molecule has 3 aromatic carbocycles. The van der Waals surface area contributed by atoms with Crippen LogP contribution in [0.2, 0.25) is 0 Å². The van der Waals surface area contributed by atoms with E-state index in [2.05, 4.69) is 56.2 Å². The van der Waals surface area contributed by atoms with Crippen LogP contribution in [0.4, 0.5) is 0 Å². The number of nitriles is 1. The number of thiazole rings is 1. The lowest BCUT2D eigenvalue weighted by Crippen LogP contribution is -2.39. The maximum absolute atomic E-state index is 14.1. The van der Waals surface area contributed by atoms with E-state index in [-0.39, 0.29) is 17.7 Å². The molecule has 0 amide bonds. The van der Waals surface area contributed by atoms with E-state index in [1.54, 1.807) is 24.3 Å². The molecule has 0 bridgehead atoms. The minimum absolute atomic E-state index is 0.185. The molecule has 0 radical (unpaired) electrons. The number of rotatable bonds is 10. The van der Waals surface area contributed by atoms with Crippen molar-refractivity contribution in [1.82, 2.24) is 4.57 Å². The van der Waals surface area contributed by atoms with Crippen LogP contribution in [0.25, 0.3) is 6.08 Å². The van der Waals surface area contributed by atoms with Gasteiger partial charge in [-0.1, -0.05) is 35.6 Å². The number of methoxy groups -OCH3 is 1. The third-order valence-electron chi connectivity index (χ3n) is 6.84. The van der Waals surface area contributed by atoms with E-state index < -0.39 is 12.0 Å². The molecule has 1 aliphatic rings. The maximum atomic E-state index is 14.1. The van der Waals surface area contributed by atoms with Gasteiger partial charge in [0.1, 0.15) is 12.4 Å². The van der Waals surface area contributed by atoms with Crippen molar-refractivity contribution >= 4 is 68.6 Å². The van der Waals surface area contributed by atoms with Gasteiger partial charge in [0.15, 0.2) is 16.3 Å². The second kappa shape index (κ2) is 14.6. The summed E-state index contributed by atoms with van der Waals surface area (Å²) in [6.07, 6.45) is 3.24. The van der Waals surface area contributed by atoms with E-state index in [1.165, 1.54) is 29.2 Å². The molecule has 230 valence electrons. The first kappa shape index (κ1) is 32.7. The van der Waals surface area contributed by atoms with Gasteiger partial charge in [0, 0.05) is 20.9 Å². The van der Waals surface area contributed by atoms with Crippen molar-refractivity contribution in [1.29, 1.82) is 5.26 Å². The molecule has 12 heteroatoms. The molecule has 0 N–H and O–H groups in total. The van der Waals surface area contributed by atoms with Crippen molar-refractivity contribution in [3.8, 4) is 23.3 Å². The number of ether oxygens (including phenoxy) is 4. The summed E-state index contributed by atoms with van der Waals surface area (Å²) in [5.41, 5.74) is 2.54. The lowest BCUT2D eigenvalue weighted by Gasteiger charge is -2.23. The summed E-state index contributed by atoms with van der Waals surface area (Å²) in [7, 11) is 1.30. The number of halogens is 2. The van der Waals surface area contributed by atoms with Gasteiger partial charge in [-0.2, -0.15) is 5.26 Å². The molecule has 45 heavy (non-hydrogen) atoms. The molecule has 0 saturated carbocycles. The molecule has 0 saturated heterocycles. The Bertz CT molecular complexity index is 2030. The van der Waals surface area contributed by atoms with Crippen LogP contribution in [-0.2, 0) is 16.1 Å². The van der Waals surface area contributed by atoms with Crippen LogP contribution in [-0.4, -0.2) is 30.9 Å². The highest BCUT2D eigenvalue weighted by atomic mass is 127. The SMILES string of the molecule is CCOc1ccc([C@@H]2C(C(=O)OC)=CN=c3s/c(=C/c4cc(I)cc(I)c4OCc4ccccc4C#N)c(=O)n32)cc1OCC. The number of fused-ring (bicyclic) bond motifs is 1. The van der Waals surface area contributed by atoms with Crippen LogP contribution >= 0.6 is 56.5 Å². The van der Waals surface area contributed by atoms with Crippen LogP contribution in [0, 0.1) is 18.5 Å². The van der Waals surface area contributed by atoms with Crippen molar-refractivity contribution in [3.05, 3.63) is 115 Å². The van der Waals surface area contributed by atoms with E-state index in [4.69, 9.17) is 18.9 Å². The Morgan fingerprint density at radius 3 is 2.56 bits per heavy atom. The zero-order valence-corrected chi connectivity index (χ0v) is 29.6. The van der Waals surface area contributed by atoms with Gasteiger partial charge in [0.05, 0.1) is 51.7 Å². The van der Waals surface area contributed by atoms with Gasteiger partial charge in [0.25, 0.3) is 5.56 Å². The van der Waals surface area contributed by atoms with Crippen LogP contribution in [0.5, 0.6) is 17.2 Å². The van der Waals surface area contributed by atoms with E-state index in [9.17, 15) is 14.9 Å². The fraction of sp³-hybridized carbons (Fsp3) is 0.212. The first-order valence-corrected chi connectivity index (χ1v) is 16.9. The topological polar surface area (TPSA) is 112 Å². The molecular formula is C33H27I2N3O6S. The zero-order valence-electron chi connectivity index (χ0n) is 24.5. The highest BCUT2D eigenvalue weighted by molar-refractivity contribution is 14.1. The van der Waals surface area contributed by atoms with Gasteiger partial charge >= 0.3 is 5.97 Å². The summed E-state index contributed by atoms with van der Waals surface area (Å²) >= 11 is 5.65. The number of carbonyl (C=O) groups is 1. The summed E-state index contributed by atoms with van der Waals surface area (Å²) in [5, 5.41) is 9.51. The first-order valence-electron chi connectivity index (χ1n) is 13.9. The molecule has 0 fully saturated rings. The number of nitrogens with zero attached hydrogens (tertiary/aromatic N) is 3. The van der Waals surface area contributed by atoms with Crippen molar-refractivity contribution in [2.24, 2.45) is 4.99 Å². The number of carbonyl (C=O) groups excluding carboxylic acids is 1. The Morgan fingerprint density at radius 1 is 1.07 bits per heavy atom. The molecule has 1 aromatic heterocycles. The number of benzene rings is 3.